The van der Waals surface area contributed by atoms with Crippen LogP contribution in [0.1, 0.15) is 11.8 Å². The first kappa shape index (κ1) is 9.11. The van der Waals surface area contributed by atoms with Crippen LogP contribution in [0.25, 0.3) is 5.65 Å². The Hall–Kier alpha value is -1.46. The van der Waals surface area contributed by atoms with Gasteiger partial charge in [0.1, 0.15) is 12.4 Å². The minimum absolute atomic E-state index is 0.499. The summed E-state index contributed by atoms with van der Waals surface area (Å²) in [4.78, 5) is 4.04. The summed E-state index contributed by atoms with van der Waals surface area (Å²) in [6.45, 7) is 0.499. The Morgan fingerprint density at radius 2 is 2.43 bits per heavy atom. The minimum Gasteiger partial charge on any atom is -0.385 e. The summed E-state index contributed by atoms with van der Waals surface area (Å²) in [5, 5.41) is 16.7. The maximum Gasteiger partial charge on any atom is 0.155 e. The molecule has 0 aliphatic carbocycles. The van der Waals surface area contributed by atoms with E-state index >= 15 is 0 Å². The molecule has 0 spiro atoms. The van der Waals surface area contributed by atoms with Gasteiger partial charge in [-0.05, 0) is 19.2 Å². The molecule has 2 N–H and O–H groups in total. The third kappa shape index (κ3) is 1.47. The van der Waals surface area contributed by atoms with Crippen LogP contribution in [0.2, 0.25) is 0 Å². The van der Waals surface area contributed by atoms with Crippen LogP contribution in [0.15, 0.2) is 24.5 Å². The van der Waals surface area contributed by atoms with Gasteiger partial charge >= 0.3 is 0 Å². The highest BCUT2D eigenvalue weighted by molar-refractivity contribution is 5.37. The van der Waals surface area contributed by atoms with Crippen molar-refractivity contribution in [2.45, 2.75) is 6.10 Å². The maximum atomic E-state index is 9.79. The second kappa shape index (κ2) is 3.73. The molecule has 2 aromatic heterocycles. The van der Waals surface area contributed by atoms with Crippen molar-refractivity contribution in [2.24, 2.45) is 0 Å². The molecule has 0 aromatic carbocycles. The number of nitrogens with one attached hydrogen (secondary N) is 1. The lowest BCUT2D eigenvalue weighted by atomic mass is 10.2. The maximum absolute atomic E-state index is 9.79. The van der Waals surface area contributed by atoms with Crippen molar-refractivity contribution < 1.29 is 5.11 Å². The van der Waals surface area contributed by atoms with Gasteiger partial charge in [-0.1, -0.05) is 6.07 Å². The summed E-state index contributed by atoms with van der Waals surface area (Å²) in [5.74, 6) is 0. The van der Waals surface area contributed by atoms with E-state index in [-0.39, 0.29) is 0 Å². The molecule has 14 heavy (non-hydrogen) atoms. The van der Waals surface area contributed by atoms with Crippen LogP contribution < -0.4 is 5.32 Å². The van der Waals surface area contributed by atoms with E-state index < -0.39 is 6.10 Å². The monoisotopic (exact) mass is 192 g/mol. The summed E-state index contributed by atoms with van der Waals surface area (Å²) in [6, 6.07) is 5.55. The molecule has 0 saturated carbocycles. The van der Waals surface area contributed by atoms with E-state index in [1.165, 1.54) is 6.33 Å². The minimum atomic E-state index is -0.564. The number of nitrogens with zero attached hydrogens (tertiary/aromatic N) is 3. The quantitative estimate of drug-likeness (QED) is 0.717. The van der Waals surface area contributed by atoms with Gasteiger partial charge in [-0.2, -0.15) is 5.10 Å². The lowest BCUT2D eigenvalue weighted by molar-refractivity contribution is 0.170. The molecule has 5 nitrogen and oxygen atoms in total. The summed E-state index contributed by atoms with van der Waals surface area (Å²) in [6.07, 6.45) is 0.913. The highest BCUT2D eigenvalue weighted by atomic mass is 16.3. The van der Waals surface area contributed by atoms with Gasteiger partial charge in [-0.25, -0.2) is 9.50 Å². The number of aromatic nitrogens is 3. The van der Waals surface area contributed by atoms with E-state index in [1.807, 2.05) is 18.2 Å². The van der Waals surface area contributed by atoms with Crippen LogP contribution in [-0.4, -0.2) is 33.3 Å². The molecule has 2 heterocycles. The van der Waals surface area contributed by atoms with Crippen LogP contribution in [-0.2, 0) is 0 Å². The fourth-order valence-corrected chi connectivity index (χ4v) is 1.42. The lowest BCUT2D eigenvalue weighted by Gasteiger charge is -2.10. The Morgan fingerprint density at radius 1 is 1.57 bits per heavy atom. The second-order valence-electron chi connectivity index (χ2n) is 3.05. The zero-order valence-corrected chi connectivity index (χ0v) is 7.88. The van der Waals surface area contributed by atoms with E-state index in [2.05, 4.69) is 15.4 Å². The molecule has 0 amide bonds. The van der Waals surface area contributed by atoms with Gasteiger partial charge in [0.2, 0.25) is 0 Å². The van der Waals surface area contributed by atoms with E-state index in [4.69, 9.17) is 0 Å². The molecular formula is C9H12N4O. The van der Waals surface area contributed by atoms with Crippen molar-refractivity contribution in [3.63, 3.8) is 0 Å². The van der Waals surface area contributed by atoms with Crippen molar-refractivity contribution in [1.82, 2.24) is 19.9 Å². The van der Waals surface area contributed by atoms with E-state index in [0.717, 1.165) is 11.3 Å². The van der Waals surface area contributed by atoms with Crippen LogP contribution in [0, 0.1) is 0 Å². The van der Waals surface area contributed by atoms with E-state index in [1.54, 1.807) is 11.6 Å². The number of rotatable bonds is 3. The van der Waals surface area contributed by atoms with Crippen LogP contribution in [0.5, 0.6) is 0 Å². The van der Waals surface area contributed by atoms with Crippen molar-refractivity contribution in [3.05, 3.63) is 30.2 Å². The molecule has 0 aliphatic rings. The first-order valence-electron chi connectivity index (χ1n) is 4.44. The molecule has 0 saturated heterocycles. The Morgan fingerprint density at radius 3 is 3.21 bits per heavy atom. The third-order valence-electron chi connectivity index (χ3n) is 2.07. The molecule has 2 aromatic rings. The zero-order valence-electron chi connectivity index (χ0n) is 7.88. The van der Waals surface area contributed by atoms with Gasteiger partial charge in [0.25, 0.3) is 0 Å². The van der Waals surface area contributed by atoms with Crippen molar-refractivity contribution in [1.29, 1.82) is 0 Å². The molecule has 0 bridgehead atoms. The smallest absolute Gasteiger partial charge is 0.155 e. The summed E-state index contributed by atoms with van der Waals surface area (Å²) in [7, 11) is 1.80. The SMILES string of the molecule is CNCC(O)c1cccc2ncnn12. The predicted octanol–water partition coefficient (Wildman–Crippen LogP) is -0.0179. The Balaban J connectivity index is 2.45. The molecule has 5 heteroatoms. The molecule has 1 atom stereocenters. The number of pyridine rings is 1. The topological polar surface area (TPSA) is 62.5 Å². The van der Waals surface area contributed by atoms with Gasteiger partial charge < -0.3 is 10.4 Å². The Kier molecular flexibility index (Phi) is 2.43. The average Bonchev–Trinajstić information content (AvgIpc) is 2.65. The summed E-state index contributed by atoms with van der Waals surface area (Å²) >= 11 is 0. The van der Waals surface area contributed by atoms with Crippen molar-refractivity contribution in [2.75, 3.05) is 13.6 Å². The number of fused-ring (bicyclic) bond motifs is 1. The zero-order chi connectivity index (χ0) is 9.97. The number of hydrogen-bond donors (Lipinski definition) is 2. The first-order valence-corrected chi connectivity index (χ1v) is 4.44. The summed E-state index contributed by atoms with van der Waals surface area (Å²) in [5.41, 5.74) is 1.49. The highest BCUT2D eigenvalue weighted by Gasteiger charge is 2.10. The molecule has 0 radical (unpaired) electrons. The predicted molar refractivity (Wildman–Crippen MR) is 51.9 cm³/mol. The van der Waals surface area contributed by atoms with Crippen LogP contribution in [0.3, 0.4) is 0 Å². The number of likely N-dealkylation sites (N-methyl/N-ethyl adjacent to an activating group) is 1. The standard InChI is InChI=1S/C9H12N4O/c1-10-5-8(14)7-3-2-4-9-11-6-12-13(7)9/h2-4,6,8,10,14H,5H2,1H3. The Bertz CT molecular complexity index is 425. The molecule has 0 fully saturated rings. The normalized spacial score (nSPS) is 13.3. The molecule has 1 unspecified atom stereocenters. The first-order chi connectivity index (χ1) is 6.83. The van der Waals surface area contributed by atoms with Gasteiger partial charge in [-0.3, -0.25) is 0 Å². The molecular weight excluding hydrogens is 180 g/mol. The third-order valence-corrected chi connectivity index (χ3v) is 2.07. The fraction of sp³-hybridized carbons (Fsp3) is 0.333. The molecule has 2 rings (SSSR count). The van der Waals surface area contributed by atoms with Crippen molar-refractivity contribution >= 4 is 5.65 Å². The van der Waals surface area contributed by atoms with Gasteiger partial charge in [0.05, 0.1) is 5.69 Å². The van der Waals surface area contributed by atoms with E-state index in [0.29, 0.717) is 6.54 Å². The van der Waals surface area contributed by atoms with Gasteiger partial charge in [0, 0.05) is 6.54 Å². The largest absolute Gasteiger partial charge is 0.385 e. The van der Waals surface area contributed by atoms with E-state index in [9.17, 15) is 5.11 Å². The average molecular weight is 192 g/mol. The second-order valence-corrected chi connectivity index (χ2v) is 3.05. The number of aliphatic hydroxyl groups is 1. The number of aliphatic hydroxyl groups excluding tert-OH is 1. The highest BCUT2D eigenvalue weighted by Crippen LogP contribution is 2.12. The fourth-order valence-electron chi connectivity index (χ4n) is 1.42. The Labute approximate surface area is 81.4 Å². The summed E-state index contributed by atoms with van der Waals surface area (Å²) < 4.78 is 1.64. The molecule has 74 valence electrons. The molecule has 0 aliphatic heterocycles. The number of hydrogen-bond acceptors (Lipinski definition) is 4. The van der Waals surface area contributed by atoms with Crippen molar-refractivity contribution in [3.8, 4) is 0 Å². The van der Waals surface area contributed by atoms with Gasteiger partial charge in [-0.15, -0.1) is 0 Å². The van der Waals surface area contributed by atoms with Crippen LogP contribution >= 0.6 is 0 Å². The van der Waals surface area contributed by atoms with Gasteiger partial charge in [0.15, 0.2) is 5.65 Å². The van der Waals surface area contributed by atoms with Crippen LogP contribution in [0.4, 0.5) is 0 Å². The lowest BCUT2D eigenvalue weighted by Crippen LogP contribution is -2.19.